The number of aliphatic carboxylic acids is 1. The molecule has 0 aromatic carbocycles. The summed E-state index contributed by atoms with van der Waals surface area (Å²) in [7, 11) is 0. The van der Waals surface area contributed by atoms with Crippen LogP contribution in [0.5, 0.6) is 0 Å². The third-order valence-electron chi connectivity index (χ3n) is 1.73. The largest absolute Gasteiger partial charge is 0.480 e. The molecule has 0 aliphatic heterocycles. The predicted octanol–water partition coefficient (Wildman–Crippen LogP) is -0.587. The van der Waals surface area contributed by atoms with Gasteiger partial charge in [-0.1, -0.05) is 6.92 Å². The van der Waals surface area contributed by atoms with Crippen molar-refractivity contribution in [1.29, 1.82) is 0 Å². The number of ether oxygens (including phenoxy) is 2. The molecular weight excluding hydrogens is 206 g/mol. The maximum absolute atomic E-state index is 10.8. The summed E-state index contributed by atoms with van der Waals surface area (Å²) in [5.41, 5.74) is 0. The third-order valence-corrected chi connectivity index (χ3v) is 1.73. The number of carbonyl (C=O) groups is 3. The van der Waals surface area contributed by atoms with Crippen molar-refractivity contribution in [2.24, 2.45) is 0 Å². The predicted molar refractivity (Wildman–Crippen MR) is 47.6 cm³/mol. The normalized spacial score (nSPS) is 11.9. The molecule has 0 fully saturated rings. The van der Waals surface area contributed by atoms with E-state index in [4.69, 9.17) is 5.11 Å². The van der Waals surface area contributed by atoms with Gasteiger partial charge < -0.3 is 14.6 Å². The van der Waals surface area contributed by atoms with Crippen LogP contribution in [-0.4, -0.2) is 48.4 Å². The van der Waals surface area contributed by atoms with Gasteiger partial charge in [0.15, 0.2) is 0 Å². The third kappa shape index (κ3) is 4.96. The number of rotatable bonds is 9. The van der Waals surface area contributed by atoms with E-state index in [1.807, 2.05) is 0 Å². The molecule has 0 saturated carbocycles. The van der Waals surface area contributed by atoms with Crippen molar-refractivity contribution in [3.05, 3.63) is 0 Å². The van der Waals surface area contributed by atoms with Crippen molar-refractivity contribution in [2.75, 3.05) is 13.5 Å². The van der Waals surface area contributed by atoms with Crippen LogP contribution < -0.4 is 0 Å². The first-order valence-corrected chi connectivity index (χ1v) is 4.24. The highest BCUT2D eigenvalue weighted by atomic mass is 16.6. The van der Waals surface area contributed by atoms with Gasteiger partial charge in [0.05, 0.1) is 0 Å². The number of hydrogen-bond acceptors (Lipinski definition) is 6. The van der Waals surface area contributed by atoms with Gasteiger partial charge in [0.2, 0.25) is 0 Å². The van der Waals surface area contributed by atoms with E-state index in [0.717, 1.165) is 0 Å². The number of carbonyl (C=O) groups excluding carboxylic acids is 2. The topological polar surface area (TPSA) is 93.1 Å². The molecule has 0 aliphatic rings. The van der Waals surface area contributed by atoms with Crippen molar-refractivity contribution in [3.63, 3.8) is 0 Å². The second-order valence-corrected chi connectivity index (χ2v) is 2.64. The van der Waals surface area contributed by atoms with E-state index >= 15 is 0 Å². The van der Waals surface area contributed by atoms with Gasteiger partial charge in [-0.3, -0.25) is 14.4 Å². The molecule has 0 aromatic heterocycles. The molecule has 1 unspecified atom stereocenters. The van der Waals surface area contributed by atoms with Crippen molar-refractivity contribution >= 4 is 18.9 Å². The minimum atomic E-state index is -1.07. The summed E-state index contributed by atoms with van der Waals surface area (Å²) < 4.78 is 8.82. The molecule has 1 atom stereocenters. The van der Waals surface area contributed by atoms with Crippen LogP contribution in [0.15, 0.2) is 0 Å². The van der Waals surface area contributed by atoms with Gasteiger partial charge in [0, 0.05) is 0 Å². The molecule has 0 spiro atoms. The molecule has 0 rings (SSSR count). The van der Waals surface area contributed by atoms with Crippen LogP contribution in [0.25, 0.3) is 0 Å². The lowest BCUT2D eigenvalue weighted by atomic mass is 10.2. The van der Waals surface area contributed by atoms with Gasteiger partial charge in [0.1, 0.15) is 19.5 Å². The second-order valence-electron chi connectivity index (χ2n) is 2.64. The quantitative estimate of drug-likeness (QED) is 0.409. The van der Waals surface area contributed by atoms with Gasteiger partial charge in [0.25, 0.3) is 12.9 Å². The summed E-state index contributed by atoms with van der Waals surface area (Å²) in [6, 6.07) is -0.857. The summed E-state index contributed by atoms with van der Waals surface area (Å²) in [6.07, 6.45) is 0.305. The van der Waals surface area contributed by atoms with Crippen LogP contribution in [0.4, 0.5) is 0 Å². The Bertz CT molecular complexity index is 207. The van der Waals surface area contributed by atoms with Gasteiger partial charge in [-0.25, -0.2) is 4.90 Å². The lowest BCUT2D eigenvalue weighted by Gasteiger charge is -2.25. The van der Waals surface area contributed by atoms with Gasteiger partial charge >= 0.3 is 5.97 Å². The fourth-order valence-corrected chi connectivity index (χ4v) is 1.06. The highest BCUT2D eigenvalue weighted by Crippen LogP contribution is 2.04. The van der Waals surface area contributed by atoms with Crippen LogP contribution in [0, 0.1) is 0 Å². The molecule has 0 radical (unpaired) electrons. The molecule has 0 bridgehead atoms. The van der Waals surface area contributed by atoms with E-state index in [-0.39, 0.29) is 26.4 Å². The number of carboxylic acid groups (broad SMARTS) is 1. The summed E-state index contributed by atoms with van der Waals surface area (Å²) in [5, 5.41) is 8.81. The van der Waals surface area contributed by atoms with Crippen LogP contribution in [0.1, 0.15) is 13.3 Å². The van der Waals surface area contributed by atoms with Gasteiger partial charge in [-0.15, -0.1) is 0 Å². The Hall–Kier alpha value is -1.63. The summed E-state index contributed by atoms with van der Waals surface area (Å²) in [6.45, 7) is 1.59. The molecule has 86 valence electrons. The first kappa shape index (κ1) is 13.4. The Kier molecular flexibility index (Phi) is 6.90. The standard InChI is InChI=1S/C8H13NO6/c1-2-7(8(12)13)9(3-14-5-10)4-15-6-11/h5-7H,2-4H2,1H3,(H,12,13). The first-order valence-electron chi connectivity index (χ1n) is 4.24. The molecule has 0 aromatic rings. The average molecular weight is 219 g/mol. The van der Waals surface area contributed by atoms with Crippen molar-refractivity contribution in [2.45, 2.75) is 19.4 Å². The number of hydrogen-bond donors (Lipinski definition) is 1. The number of carboxylic acids is 1. The highest BCUT2D eigenvalue weighted by Gasteiger charge is 2.24. The Morgan fingerprint density at radius 3 is 2.07 bits per heavy atom. The van der Waals surface area contributed by atoms with Crippen LogP contribution >= 0.6 is 0 Å². The minimum absolute atomic E-state index is 0.197. The minimum Gasteiger partial charge on any atom is -0.480 e. The monoisotopic (exact) mass is 219 g/mol. The lowest BCUT2D eigenvalue weighted by Crippen LogP contribution is -2.43. The maximum Gasteiger partial charge on any atom is 0.321 e. The van der Waals surface area contributed by atoms with E-state index < -0.39 is 12.0 Å². The Morgan fingerprint density at radius 2 is 1.80 bits per heavy atom. The number of nitrogens with zero attached hydrogens (tertiary/aromatic N) is 1. The molecule has 0 heterocycles. The molecular formula is C8H13NO6. The molecule has 0 saturated heterocycles. The highest BCUT2D eigenvalue weighted by molar-refractivity contribution is 5.73. The molecule has 1 N–H and O–H groups in total. The maximum atomic E-state index is 10.8. The average Bonchev–Trinajstić information content (AvgIpc) is 2.21. The zero-order valence-corrected chi connectivity index (χ0v) is 8.29. The van der Waals surface area contributed by atoms with E-state index in [1.54, 1.807) is 6.92 Å². The van der Waals surface area contributed by atoms with Crippen LogP contribution in [0.3, 0.4) is 0 Å². The summed E-state index contributed by atoms with van der Waals surface area (Å²) in [5.74, 6) is -1.07. The van der Waals surface area contributed by atoms with E-state index in [9.17, 15) is 14.4 Å². The zero-order valence-electron chi connectivity index (χ0n) is 8.29. The van der Waals surface area contributed by atoms with Crippen LogP contribution in [0.2, 0.25) is 0 Å². The molecule has 0 aliphatic carbocycles. The second kappa shape index (κ2) is 7.74. The zero-order chi connectivity index (χ0) is 11.7. The smallest absolute Gasteiger partial charge is 0.321 e. The van der Waals surface area contributed by atoms with E-state index in [0.29, 0.717) is 6.42 Å². The van der Waals surface area contributed by atoms with Crippen LogP contribution in [-0.2, 0) is 23.9 Å². The SMILES string of the molecule is CCC(C(=O)O)N(COC=O)COC=O. The summed E-state index contributed by atoms with van der Waals surface area (Å²) in [4.78, 5) is 31.9. The molecule has 7 heteroatoms. The lowest BCUT2D eigenvalue weighted by molar-refractivity contribution is -0.157. The first-order chi connectivity index (χ1) is 7.17. The molecule has 15 heavy (non-hydrogen) atoms. The molecule has 0 amide bonds. The fourth-order valence-electron chi connectivity index (χ4n) is 1.06. The van der Waals surface area contributed by atoms with Gasteiger partial charge in [-0.2, -0.15) is 0 Å². The van der Waals surface area contributed by atoms with Crippen molar-refractivity contribution in [3.8, 4) is 0 Å². The Morgan fingerprint density at radius 1 is 1.33 bits per heavy atom. The Balaban J connectivity index is 4.34. The Labute approximate surface area is 86.6 Å². The molecule has 7 nitrogen and oxygen atoms in total. The van der Waals surface area contributed by atoms with E-state index in [1.165, 1.54) is 4.90 Å². The van der Waals surface area contributed by atoms with Crippen molar-refractivity contribution < 1.29 is 29.0 Å². The fraction of sp³-hybridized carbons (Fsp3) is 0.625. The van der Waals surface area contributed by atoms with Crippen molar-refractivity contribution in [1.82, 2.24) is 4.90 Å². The van der Waals surface area contributed by atoms with E-state index in [2.05, 4.69) is 9.47 Å². The summed E-state index contributed by atoms with van der Waals surface area (Å²) >= 11 is 0. The van der Waals surface area contributed by atoms with Gasteiger partial charge in [-0.05, 0) is 6.42 Å².